The Labute approximate surface area is 188 Å². The molecule has 0 bridgehead atoms. The smallest absolute Gasteiger partial charge is 0.311 e. The predicted molar refractivity (Wildman–Crippen MR) is 119 cm³/mol. The van der Waals surface area contributed by atoms with E-state index in [-0.39, 0.29) is 61.6 Å². The number of rotatable bonds is 10. The van der Waals surface area contributed by atoms with Gasteiger partial charge in [0.25, 0.3) is 0 Å². The van der Waals surface area contributed by atoms with Gasteiger partial charge in [0.15, 0.2) is 0 Å². The lowest BCUT2D eigenvalue weighted by molar-refractivity contribution is -0.148. The van der Waals surface area contributed by atoms with Crippen molar-refractivity contribution in [2.24, 2.45) is 11.8 Å². The number of esters is 1. The van der Waals surface area contributed by atoms with Gasteiger partial charge in [-0.1, -0.05) is 6.92 Å². The molecule has 2 heterocycles. The average Bonchev–Trinajstić information content (AvgIpc) is 3.35. The molecule has 2 unspecified atom stereocenters. The largest absolute Gasteiger partial charge is 0.465 e. The van der Waals surface area contributed by atoms with E-state index in [1.165, 1.54) is 0 Å². The Balaban J connectivity index is 1.54. The second-order valence-corrected chi connectivity index (χ2v) is 8.59. The summed E-state index contributed by atoms with van der Waals surface area (Å²) in [5.41, 5.74) is 1.38. The minimum atomic E-state index is -0.492. The first-order chi connectivity index (χ1) is 15.3. The fraction of sp³-hybridized carbons (Fsp3) is 0.583. The van der Waals surface area contributed by atoms with Gasteiger partial charge in [0.05, 0.1) is 25.2 Å². The first-order valence-electron chi connectivity index (χ1n) is 11.3. The molecule has 0 N–H and O–H groups in total. The topological polar surface area (TPSA) is 93.2 Å². The molecule has 2 aliphatic heterocycles. The van der Waals surface area contributed by atoms with E-state index in [0.717, 1.165) is 0 Å². The highest BCUT2D eigenvalue weighted by atomic mass is 16.5. The Morgan fingerprint density at radius 3 is 2.00 bits per heavy atom. The molecule has 0 aromatic heterocycles. The summed E-state index contributed by atoms with van der Waals surface area (Å²) in [6, 6.07) is 7.10. The lowest BCUT2D eigenvalue weighted by Gasteiger charge is -2.20. The van der Waals surface area contributed by atoms with Crippen molar-refractivity contribution in [2.45, 2.75) is 52.6 Å². The van der Waals surface area contributed by atoms with Crippen LogP contribution in [-0.4, -0.2) is 56.0 Å². The van der Waals surface area contributed by atoms with E-state index in [4.69, 9.17) is 9.47 Å². The van der Waals surface area contributed by atoms with Crippen molar-refractivity contribution in [1.82, 2.24) is 0 Å². The van der Waals surface area contributed by atoms with Crippen LogP contribution in [0.4, 0.5) is 11.4 Å². The molecule has 0 spiro atoms. The normalized spacial score (nSPS) is 21.0. The monoisotopic (exact) mass is 444 g/mol. The molecule has 2 saturated heterocycles. The van der Waals surface area contributed by atoms with Crippen molar-refractivity contribution >= 4 is 34.9 Å². The molecule has 2 amide bonds. The number of ketones is 1. The Bertz CT molecular complexity index is 851. The maximum absolute atomic E-state index is 12.5. The number of amides is 2. The standard InChI is InChI=1S/C24H32N2O6/c1-4-21(27)17-12-22(28)25(14-17)19-6-8-20(9-7-19)26-15-18(13-23(26)29)24(30)32-11-5-10-31-16(2)3/h6-9,16-18H,4-5,10-15H2,1-3H3. The molecular weight excluding hydrogens is 412 g/mol. The summed E-state index contributed by atoms with van der Waals surface area (Å²) in [4.78, 5) is 52.3. The molecule has 8 heteroatoms. The summed E-state index contributed by atoms with van der Waals surface area (Å²) in [6.07, 6.45) is 1.55. The van der Waals surface area contributed by atoms with Gasteiger partial charge >= 0.3 is 5.97 Å². The second kappa shape index (κ2) is 10.7. The van der Waals surface area contributed by atoms with Crippen molar-refractivity contribution in [3.05, 3.63) is 24.3 Å². The zero-order valence-electron chi connectivity index (χ0n) is 19.0. The molecule has 2 atom stereocenters. The van der Waals surface area contributed by atoms with Crippen LogP contribution >= 0.6 is 0 Å². The lowest BCUT2D eigenvalue weighted by Crippen LogP contribution is -2.27. The van der Waals surface area contributed by atoms with Crippen LogP contribution in [0.5, 0.6) is 0 Å². The number of ether oxygens (including phenoxy) is 2. The number of nitrogens with zero attached hydrogens (tertiary/aromatic N) is 2. The minimum Gasteiger partial charge on any atom is -0.465 e. The molecule has 2 aliphatic rings. The SMILES string of the molecule is CCC(=O)C1CC(=O)N(c2ccc(N3CC(C(=O)OCCCOC(C)C)CC3=O)cc2)C1. The molecule has 0 aliphatic carbocycles. The maximum Gasteiger partial charge on any atom is 0.311 e. The summed E-state index contributed by atoms with van der Waals surface area (Å²) >= 11 is 0. The lowest BCUT2D eigenvalue weighted by atomic mass is 10.0. The minimum absolute atomic E-state index is 0.0663. The highest BCUT2D eigenvalue weighted by molar-refractivity contribution is 6.02. The molecule has 3 rings (SSSR count). The van der Waals surface area contributed by atoms with E-state index in [1.54, 1.807) is 34.1 Å². The van der Waals surface area contributed by atoms with E-state index in [1.807, 2.05) is 20.8 Å². The average molecular weight is 445 g/mol. The van der Waals surface area contributed by atoms with Gasteiger partial charge in [0.1, 0.15) is 5.78 Å². The Morgan fingerprint density at radius 2 is 1.47 bits per heavy atom. The summed E-state index contributed by atoms with van der Waals surface area (Å²) in [5, 5.41) is 0. The highest BCUT2D eigenvalue weighted by Crippen LogP contribution is 2.30. The van der Waals surface area contributed by atoms with Crippen molar-refractivity contribution in [2.75, 3.05) is 36.1 Å². The molecule has 0 saturated carbocycles. The third-order valence-corrected chi connectivity index (χ3v) is 5.84. The molecule has 0 radical (unpaired) electrons. The maximum atomic E-state index is 12.5. The van der Waals surface area contributed by atoms with Gasteiger partial charge in [-0.15, -0.1) is 0 Å². The number of benzene rings is 1. The van der Waals surface area contributed by atoms with Crippen LogP contribution in [0, 0.1) is 11.8 Å². The highest BCUT2D eigenvalue weighted by Gasteiger charge is 2.37. The molecular formula is C24H32N2O6. The number of anilines is 2. The third kappa shape index (κ3) is 5.73. The number of carbonyl (C=O) groups is 4. The Kier molecular flexibility index (Phi) is 8.01. The summed E-state index contributed by atoms with van der Waals surface area (Å²) in [6.45, 7) is 7.17. The zero-order chi connectivity index (χ0) is 23.3. The summed E-state index contributed by atoms with van der Waals surface area (Å²) < 4.78 is 10.7. The van der Waals surface area contributed by atoms with Gasteiger partial charge in [-0.3, -0.25) is 19.2 Å². The van der Waals surface area contributed by atoms with E-state index < -0.39 is 5.92 Å². The molecule has 2 fully saturated rings. The molecule has 8 nitrogen and oxygen atoms in total. The molecule has 1 aromatic rings. The van der Waals surface area contributed by atoms with Gasteiger partial charge in [-0.2, -0.15) is 0 Å². The molecule has 1 aromatic carbocycles. The quantitative estimate of drug-likeness (QED) is 0.407. The number of carbonyl (C=O) groups excluding carboxylic acids is 4. The number of Topliss-reactive ketones (excluding diaryl/α,β-unsaturated/α-hetero) is 1. The first kappa shape index (κ1) is 23.9. The van der Waals surface area contributed by atoms with E-state index >= 15 is 0 Å². The first-order valence-corrected chi connectivity index (χ1v) is 11.3. The van der Waals surface area contributed by atoms with Crippen LogP contribution in [0.3, 0.4) is 0 Å². The van der Waals surface area contributed by atoms with Crippen molar-refractivity contribution < 1.29 is 28.7 Å². The second-order valence-electron chi connectivity index (χ2n) is 8.59. The van der Waals surface area contributed by atoms with Gasteiger partial charge in [-0.25, -0.2) is 0 Å². The van der Waals surface area contributed by atoms with E-state index in [2.05, 4.69) is 0 Å². The fourth-order valence-corrected chi connectivity index (χ4v) is 4.06. The summed E-state index contributed by atoms with van der Waals surface area (Å²) in [7, 11) is 0. The van der Waals surface area contributed by atoms with Gasteiger partial charge in [-0.05, 0) is 38.1 Å². The van der Waals surface area contributed by atoms with Crippen LogP contribution in [-0.2, 0) is 28.7 Å². The Hall–Kier alpha value is -2.74. The van der Waals surface area contributed by atoms with Crippen LogP contribution < -0.4 is 9.80 Å². The van der Waals surface area contributed by atoms with Crippen molar-refractivity contribution in [3.8, 4) is 0 Å². The number of hydrogen-bond acceptors (Lipinski definition) is 6. The molecule has 174 valence electrons. The van der Waals surface area contributed by atoms with E-state index in [9.17, 15) is 19.2 Å². The third-order valence-electron chi connectivity index (χ3n) is 5.84. The fourth-order valence-electron chi connectivity index (χ4n) is 4.06. The van der Waals surface area contributed by atoms with Crippen molar-refractivity contribution in [1.29, 1.82) is 0 Å². The van der Waals surface area contributed by atoms with Gasteiger partial charge in [0.2, 0.25) is 11.8 Å². The van der Waals surface area contributed by atoms with Crippen molar-refractivity contribution in [3.63, 3.8) is 0 Å². The van der Waals surface area contributed by atoms with Crippen LogP contribution in [0.25, 0.3) is 0 Å². The van der Waals surface area contributed by atoms with Crippen LogP contribution in [0.2, 0.25) is 0 Å². The van der Waals surface area contributed by atoms with Gasteiger partial charge in [0, 0.05) is 56.1 Å². The molecule has 32 heavy (non-hydrogen) atoms. The predicted octanol–water partition coefficient (Wildman–Crippen LogP) is 2.73. The Morgan fingerprint density at radius 1 is 0.938 bits per heavy atom. The van der Waals surface area contributed by atoms with E-state index in [0.29, 0.717) is 37.4 Å². The zero-order valence-corrected chi connectivity index (χ0v) is 19.0. The summed E-state index contributed by atoms with van der Waals surface area (Å²) in [5.74, 6) is -1.20. The number of hydrogen-bond donors (Lipinski definition) is 0. The van der Waals surface area contributed by atoms with Crippen LogP contribution in [0.15, 0.2) is 24.3 Å². The van der Waals surface area contributed by atoms with Gasteiger partial charge < -0.3 is 19.3 Å². The van der Waals surface area contributed by atoms with Crippen LogP contribution in [0.1, 0.15) is 46.5 Å².